The first-order chi connectivity index (χ1) is 8.65. The van der Waals surface area contributed by atoms with Gasteiger partial charge in [0.25, 0.3) is 0 Å². The minimum Gasteiger partial charge on any atom is -0.480 e. The van der Waals surface area contributed by atoms with E-state index in [1.54, 1.807) is 24.3 Å². The lowest BCUT2D eigenvalue weighted by atomic mass is 10.0. The van der Waals surface area contributed by atoms with Crippen LogP contribution in [0.4, 0.5) is 0 Å². The van der Waals surface area contributed by atoms with E-state index in [4.69, 9.17) is 5.11 Å². The summed E-state index contributed by atoms with van der Waals surface area (Å²) in [5.41, 5.74) is 0.618. The van der Waals surface area contributed by atoms with Gasteiger partial charge in [-0.1, -0.05) is 30.3 Å². The third-order valence-corrected chi connectivity index (χ3v) is 2.56. The molecule has 96 valence electrons. The van der Waals surface area contributed by atoms with Crippen LogP contribution in [0.3, 0.4) is 0 Å². The van der Waals surface area contributed by atoms with E-state index in [-0.39, 0.29) is 18.6 Å². The average molecular weight is 249 g/mol. The average Bonchev–Trinajstić information content (AvgIpc) is 2.38. The van der Waals surface area contributed by atoms with Crippen molar-refractivity contribution in [1.29, 1.82) is 0 Å². The van der Waals surface area contributed by atoms with Crippen LogP contribution >= 0.6 is 0 Å². The first-order valence-corrected chi connectivity index (χ1v) is 5.66. The predicted molar refractivity (Wildman–Crippen MR) is 65.2 cm³/mol. The number of nitrogens with one attached hydrogen (secondary N) is 1. The SMILES string of the molecule is O=CNC(CCCC(=O)c1ccccc1)C(=O)O. The maximum atomic E-state index is 11.7. The van der Waals surface area contributed by atoms with Crippen LogP contribution in [-0.2, 0) is 9.59 Å². The number of carbonyl (C=O) groups is 3. The lowest BCUT2D eigenvalue weighted by Gasteiger charge is -2.10. The number of rotatable bonds is 8. The molecule has 0 radical (unpaired) electrons. The standard InChI is InChI=1S/C13H15NO4/c15-9-14-11(13(17)18)7-4-8-12(16)10-5-2-1-3-6-10/h1-3,5-6,9,11H,4,7-8H2,(H,14,15)(H,17,18). The Morgan fingerprint density at radius 2 is 1.94 bits per heavy atom. The molecule has 1 aromatic rings. The quantitative estimate of drug-likeness (QED) is 0.536. The summed E-state index contributed by atoms with van der Waals surface area (Å²) >= 11 is 0. The molecule has 1 amide bonds. The van der Waals surface area contributed by atoms with E-state index in [2.05, 4.69) is 5.32 Å². The van der Waals surface area contributed by atoms with E-state index in [1.165, 1.54) is 0 Å². The number of carboxylic acid groups (broad SMARTS) is 1. The van der Waals surface area contributed by atoms with E-state index in [1.807, 2.05) is 6.07 Å². The molecule has 5 nitrogen and oxygen atoms in total. The molecule has 1 aromatic carbocycles. The van der Waals surface area contributed by atoms with Crippen molar-refractivity contribution in [3.8, 4) is 0 Å². The molecule has 0 saturated carbocycles. The van der Waals surface area contributed by atoms with E-state index in [0.29, 0.717) is 18.4 Å². The highest BCUT2D eigenvalue weighted by atomic mass is 16.4. The summed E-state index contributed by atoms with van der Waals surface area (Å²) in [6.45, 7) is 0. The Bertz CT molecular complexity index is 416. The summed E-state index contributed by atoms with van der Waals surface area (Å²) in [4.78, 5) is 32.6. The van der Waals surface area contributed by atoms with Crippen molar-refractivity contribution < 1.29 is 19.5 Å². The van der Waals surface area contributed by atoms with E-state index >= 15 is 0 Å². The van der Waals surface area contributed by atoms with Crippen molar-refractivity contribution in [1.82, 2.24) is 5.32 Å². The molecule has 0 bridgehead atoms. The van der Waals surface area contributed by atoms with Gasteiger partial charge >= 0.3 is 5.97 Å². The number of hydrogen-bond acceptors (Lipinski definition) is 3. The third-order valence-electron chi connectivity index (χ3n) is 2.56. The van der Waals surface area contributed by atoms with Crippen LogP contribution in [0.5, 0.6) is 0 Å². The van der Waals surface area contributed by atoms with Gasteiger partial charge in [-0.3, -0.25) is 9.59 Å². The van der Waals surface area contributed by atoms with Crippen molar-refractivity contribution in [2.45, 2.75) is 25.3 Å². The molecule has 0 heterocycles. The molecule has 0 fully saturated rings. The highest BCUT2D eigenvalue weighted by Gasteiger charge is 2.16. The summed E-state index contributed by atoms with van der Waals surface area (Å²) in [6.07, 6.45) is 1.30. The monoisotopic (exact) mass is 249 g/mol. The van der Waals surface area contributed by atoms with Crippen molar-refractivity contribution in [3.63, 3.8) is 0 Å². The van der Waals surface area contributed by atoms with Crippen LogP contribution in [0.15, 0.2) is 30.3 Å². The van der Waals surface area contributed by atoms with E-state index in [9.17, 15) is 14.4 Å². The van der Waals surface area contributed by atoms with E-state index < -0.39 is 12.0 Å². The Hall–Kier alpha value is -2.17. The second kappa shape index (κ2) is 7.21. The second-order valence-corrected chi connectivity index (χ2v) is 3.86. The van der Waals surface area contributed by atoms with Gasteiger partial charge in [-0.15, -0.1) is 0 Å². The molecule has 2 N–H and O–H groups in total. The number of carbonyl (C=O) groups excluding carboxylic acids is 2. The summed E-state index contributed by atoms with van der Waals surface area (Å²) < 4.78 is 0. The second-order valence-electron chi connectivity index (χ2n) is 3.86. The number of amides is 1. The van der Waals surface area contributed by atoms with Crippen molar-refractivity contribution in [2.24, 2.45) is 0 Å². The minimum atomic E-state index is -1.09. The van der Waals surface area contributed by atoms with Crippen molar-refractivity contribution in [2.75, 3.05) is 0 Å². The predicted octanol–water partition coefficient (Wildman–Crippen LogP) is 1.24. The highest BCUT2D eigenvalue weighted by Crippen LogP contribution is 2.08. The largest absolute Gasteiger partial charge is 0.480 e. The summed E-state index contributed by atoms with van der Waals surface area (Å²) in [5, 5.41) is 11.0. The van der Waals surface area contributed by atoms with Crippen LogP contribution in [-0.4, -0.2) is 29.3 Å². The lowest BCUT2D eigenvalue weighted by molar-refractivity contribution is -0.140. The maximum absolute atomic E-state index is 11.7. The summed E-state index contributed by atoms with van der Waals surface area (Å²) in [6, 6.07) is 7.90. The minimum absolute atomic E-state index is 0.0224. The Labute approximate surface area is 105 Å². The fourth-order valence-electron chi connectivity index (χ4n) is 1.60. The van der Waals surface area contributed by atoms with Gasteiger partial charge in [0.15, 0.2) is 5.78 Å². The molecule has 1 rings (SSSR count). The van der Waals surface area contributed by atoms with Crippen LogP contribution in [0.2, 0.25) is 0 Å². The Morgan fingerprint density at radius 3 is 2.50 bits per heavy atom. The Balaban J connectivity index is 2.39. The topological polar surface area (TPSA) is 83.5 Å². The molecule has 0 aliphatic carbocycles. The number of carboxylic acids is 1. The molecule has 1 atom stereocenters. The molecular formula is C13H15NO4. The molecular weight excluding hydrogens is 234 g/mol. The number of benzene rings is 1. The van der Waals surface area contributed by atoms with Gasteiger partial charge in [-0.2, -0.15) is 0 Å². The number of Topliss-reactive ketones (excluding diaryl/α,β-unsaturated/α-hetero) is 1. The van der Waals surface area contributed by atoms with Crippen LogP contribution in [0.25, 0.3) is 0 Å². The van der Waals surface area contributed by atoms with Gasteiger partial charge < -0.3 is 10.4 Å². The van der Waals surface area contributed by atoms with Crippen LogP contribution < -0.4 is 5.32 Å². The highest BCUT2D eigenvalue weighted by molar-refractivity contribution is 5.95. The van der Waals surface area contributed by atoms with Gasteiger partial charge in [-0.05, 0) is 12.8 Å². The first kappa shape index (κ1) is 13.9. The molecule has 18 heavy (non-hydrogen) atoms. The third kappa shape index (κ3) is 4.37. The van der Waals surface area contributed by atoms with Crippen LogP contribution in [0, 0.1) is 0 Å². The molecule has 0 aromatic heterocycles. The van der Waals surface area contributed by atoms with Crippen molar-refractivity contribution in [3.05, 3.63) is 35.9 Å². The molecule has 1 unspecified atom stereocenters. The zero-order chi connectivity index (χ0) is 13.4. The fraction of sp³-hybridized carbons (Fsp3) is 0.308. The molecule has 0 spiro atoms. The number of ketones is 1. The smallest absolute Gasteiger partial charge is 0.326 e. The Morgan fingerprint density at radius 1 is 1.28 bits per heavy atom. The first-order valence-electron chi connectivity index (χ1n) is 5.66. The van der Waals surface area contributed by atoms with Gasteiger partial charge in [0.05, 0.1) is 0 Å². The molecule has 0 aliphatic heterocycles. The molecule has 0 aliphatic rings. The number of aliphatic carboxylic acids is 1. The van der Waals surface area contributed by atoms with Gasteiger partial charge in [0.2, 0.25) is 6.41 Å². The number of hydrogen-bond donors (Lipinski definition) is 2. The molecule has 0 saturated heterocycles. The van der Waals surface area contributed by atoms with Gasteiger partial charge in [-0.25, -0.2) is 4.79 Å². The normalized spacial score (nSPS) is 11.6. The zero-order valence-corrected chi connectivity index (χ0v) is 9.83. The fourth-order valence-corrected chi connectivity index (χ4v) is 1.60. The maximum Gasteiger partial charge on any atom is 0.326 e. The van der Waals surface area contributed by atoms with E-state index in [0.717, 1.165) is 0 Å². The van der Waals surface area contributed by atoms with Crippen LogP contribution in [0.1, 0.15) is 29.6 Å². The lowest BCUT2D eigenvalue weighted by Crippen LogP contribution is -2.35. The Kier molecular flexibility index (Phi) is 5.57. The summed E-state index contributed by atoms with van der Waals surface area (Å²) in [5.74, 6) is -1.11. The van der Waals surface area contributed by atoms with Crippen molar-refractivity contribution >= 4 is 18.2 Å². The summed E-state index contributed by atoms with van der Waals surface area (Å²) in [7, 11) is 0. The molecule has 5 heteroatoms. The van der Waals surface area contributed by atoms with Gasteiger partial charge in [0.1, 0.15) is 6.04 Å². The van der Waals surface area contributed by atoms with Gasteiger partial charge in [0, 0.05) is 12.0 Å². The zero-order valence-electron chi connectivity index (χ0n) is 9.83.